The van der Waals surface area contributed by atoms with Gasteiger partial charge in [-0.15, -0.1) is 0 Å². The first-order valence-electron chi connectivity index (χ1n) is 27.4. The van der Waals surface area contributed by atoms with Gasteiger partial charge in [-0.1, -0.05) is 228 Å². The predicted octanol–water partition coefficient (Wildman–Crippen LogP) is 20.6. The quantitative estimate of drug-likeness (QED) is 0.166. The second-order valence-corrected chi connectivity index (χ2v) is 28.0. The molecule has 8 aromatic rings. The fourth-order valence-corrected chi connectivity index (χ4v) is 13.1. The summed E-state index contributed by atoms with van der Waals surface area (Å²) in [5, 5.41) is 0. The molecule has 0 fully saturated rings. The third-order valence-corrected chi connectivity index (χ3v) is 17.6. The Bertz CT molecular complexity index is 3450. The van der Waals surface area contributed by atoms with Crippen LogP contribution >= 0.6 is 0 Å². The number of benzene rings is 8. The molecule has 376 valence electrons. The van der Waals surface area contributed by atoms with Gasteiger partial charge in [0.15, 0.2) is 0 Å². The molecule has 0 spiro atoms. The molecule has 1 nitrogen and oxygen atoms in total. The van der Waals surface area contributed by atoms with E-state index in [2.05, 4.69) is 281 Å². The molecule has 0 atom stereocenters. The van der Waals surface area contributed by atoms with Gasteiger partial charge in [0.05, 0.1) is 0 Å². The van der Waals surface area contributed by atoms with Crippen LogP contribution in [-0.2, 0) is 37.9 Å². The van der Waals surface area contributed by atoms with Gasteiger partial charge < -0.3 is 4.90 Å². The lowest BCUT2D eigenvalue weighted by molar-refractivity contribution is 0.584. The first-order valence-corrected chi connectivity index (χ1v) is 27.4. The molecule has 0 aliphatic heterocycles. The molecule has 0 aromatic heterocycles. The average molecular weight is 970 g/mol. The highest BCUT2D eigenvalue weighted by Gasteiger charge is 2.41. The highest BCUT2D eigenvalue weighted by atomic mass is 15.1. The maximum atomic E-state index is 2.55. The summed E-state index contributed by atoms with van der Waals surface area (Å²) in [6.45, 7) is 42.8. The van der Waals surface area contributed by atoms with E-state index in [4.69, 9.17) is 0 Å². The van der Waals surface area contributed by atoms with Crippen molar-refractivity contribution in [1.29, 1.82) is 0 Å². The van der Waals surface area contributed by atoms with E-state index < -0.39 is 0 Å². The molecular formula is C73H79N. The van der Waals surface area contributed by atoms with E-state index in [-0.39, 0.29) is 37.9 Å². The number of fused-ring (bicyclic) bond motifs is 9. The lowest BCUT2D eigenvalue weighted by Gasteiger charge is -2.33. The van der Waals surface area contributed by atoms with Crippen LogP contribution in [0, 0.1) is 0 Å². The third kappa shape index (κ3) is 7.77. The Morgan fingerprint density at radius 2 is 0.595 bits per heavy atom. The van der Waals surface area contributed by atoms with Gasteiger partial charge in [-0.05, 0) is 181 Å². The topological polar surface area (TPSA) is 3.24 Å². The molecule has 0 N–H and O–H groups in total. The fraction of sp³-hybridized carbons (Fsp3) is 0.342. The van der Waals surface area contributed by atoms with Crippen molar-refractivity contribution < 1.29 is 0 Å². The van der Waals surface area contributed by atoms with Crippen LogP contribution < -0.4 is 4.90 Å². The van der Waals surface area contributed by atoms with Gasteiger partial charge in [0.1, 0.15) is 0 Å². The van der Waals surface area contributed by atoms with Crippen LogP contribution in [0.5, 0.6) is 0 Å². The summed E-state index contributed by atoms with van der Waals surface area (Å²) in [6, 6.07) is 59.8. The van der Waals surface area contributed by atoms with Crippen LogP contribution in [0.4, 0.5) is 17.1 Å². The third-order valence-electron chi connectivity index (χ3n) is 17.6. The standard InChI is InChI=1S/C73H79N/c1-67(2,3)46-26-32-54-52-30-24-44(36-60(52)71(13,14)62(54)38-46)58-41-51(42-59(66(58)70(10,11)12)45-25-31-53-55-33-27-47(68(4,5)6)39-63(55)72(15,16)61(53)37-45)74(49-22-20-19-21-23-49)50-29-35-57-56-34-28-48(69(7,8)9)40-64(56)73(17,18)65(57)43-50/h19-43H,1-18H3. The Hall–Kier alpha value is -6.44. The fourth-order valence-electron chi connectivity index (χ4n) is 13.1. The maximum absolute atomic E-state index is 2.55. The van der Waals surface area contributed by atoms with Crippen molar-refractivity contribution in [1.82, 2.24) is 0 Å². The van der Waals surface area contributed by atoms with Gasteiger partial charge in [0, 0.05) is 33.3 Å². The number of para-hydroxylation sites is 1. The first-order chi connectivity index (χ1) is 34.5. The van der Waals surface area contributed by atoms with Gasteiger partial charge in [-0.25, -0.2) is 0 Å². The smallest absolute Gasteiger partial charge is 0.0474 e. The number of nitrogens with zero attached hydrogens (tertiary/aromatic N) is 1. The minimum absolute atomic E-state index is 0.0620. The van der Waals surface area contributed by atoms with E-state index in [1.54, 1.807) is 0 Å². The highest BCUT2D eigenvalue weighted by molar-refractivity contribution is 5.93. The number of anilines is 3. The summed E-state index contributed by atoms with van der Waals surface area (Å²) in [5.74, 6) is 0. The molecule has 0 heterocycles. The molecule has 3 aliphatic carbocycles. The molecule has 11 rings (SSSR count). The van der Waals surface area contributed by atoms with Gasteiger partial charge in [-0.3, -0.25) is 0 Å². The summed E-state index contributed by atoms with van der Waals surface area (Å²) >= 11 is 0. The maximum Gasteiger partial charge on any atom is 0.0474 e. The van der Waals surface area contributed by atoms with Crippen LogP contribution in [0.3, 0.4) is 0 Å². The molecule has 0 unspecified atom stereocenters. The normalized spacial score (nSPS) is 15.8. The molecule has 0 radical (unpaired) electrons. The Kier molecular flexibility index (Phi) is 10.9. The second kappa shape index (κ2) is 16.3. The minimum Gasteiger partial charge on any atom is -0.310 e. The average Bonchev–Trinajstić information content (AvgIpc) is 3.81. The van der Waals surface area contributed by atoms with Crippen molar-refractivity contribution in [2.24, 2.45) is 0 Å². The van der Waals surface area contributed by atoms with E-state index in [1.165, 1.54) is 111 Å². The van der Waals surface area contributed by atoms with E-state index in [1.807, 2.05) is 0 Å². The summed E-state index contributed by atoms with van der Waals surface area (Å²) < 4.78 is 0. The first kappa shape index (κ1) is 49.8. The summed E-state index contributed by atoms with van der Waals surface area (Å²) in [4.78, 5) is 2.53. The van der Waals surface area contributed by atoms with Crippen molar-refractivity contribution in [2.45, 2.75) is 163 Å². The van der Waals surface area contributed by atoms with E-state index in [0.717, 1.165) is 17.1 Å². The van der Waals surface area contributed by atoms with Crippen molar-refractivity contribution in [3.8, 4) is 55.6 Å². The molecule has 8 aromatic carbocycles. The summed E-state index contributed by atoms with van der Waals surface area (Å²) in [5.41, 5.74) is 30.0. The molecular weight excluding hydrogens is 891 g/mol. The monoisotopic (exact) mass is 970 g/mol. The van der Waals surface area contributed by atoms with E-state index in [9.17, 15) is 0 Å². The highest BCUT2D eigenvalue weighted by Crippen LogP contribution is 2.56. The Labute approximate surface area is 445 Å². The lowest BCUT2D eigenvalue weighted by Crippen LogP contribution is -2.19. The zero-order valence-corrected chi connectivity index (χ0v) is 47.9. The van der Waals surface area contributed by atoms with Crippen molar-refractivity contribution in [3.05, 3.63) is 207 Å². The molecule has 0 bridgehead atoms. The molecule has 1 heteroatoms. The van der Waals surface area contributed by atoms with Crippen LogP contribution in [0.2, 0.25) is 0 Å². The van der Waals surface area contributed by atoms with Crippen LogP contribution in [-0.4, -0.2) is 0 Å². The van der Waals surface area contributed by atoms with Crippen molar-refractivity contribution >= 4 is 17.1 Å². The van der Waals surface area contributed by atoms with Crippen LogP contribution in [0.1, 0.15) is 180 Å². The van der Waals surface area contributed by atoms with E-state index >= 15 is 0 Å². The zero-order valence-electron chi connectivity index (χ0n) is 47.9. The number of hydrogen-bond donors (Lipinski definition) is 0. The number of rotatable bonds is 5. The summed E-state index contributed by atoms with van der Waals surface area (Å²) in [6.07, 6.45) is 0. The Morgan fingerprint density at radius 3 is 0.946 bits per heavy atom. The van der Waals surface area contributed by atoms with Crippen LogP contribution in [0.25, 0.3) is 55.6 Å². The van der Waals surface area contributed by atoms with Gasteiger partial charge in [0.25, 0.3) is 0 Å². The largest absolute Gasteiger partial charge is 0.310 e. The second-order valence-electron chi connectivity index (χ2n) is 28.0. The van der Waals surface area contributed by atoms with Crippen LogP contribution in [0.15, 0.2) is 152 Å². The number of hydrogen-bond acceptors (Lipinski definition) is 1. The van der Waals surface area contributed by atoms with Gasteiger partial charge >= 0.3 is 0 Å². The van der Waals surface area contributed by atoms with Crippen molar-refractivity contribution in [3.63, 3.8) is 0 Å². The molecule has 0 saturated carbocycles. The van der Waals surface area contributed by atoms with Gasteiger partial charge in [-0.2, -0.15) is 0 Å². The van der Waals surface area contributed by atoms with E-state index in [0.29, 0.717) is 0 Å². The molecule has 74 heavy (non-hydrogen) atoms. The summed E-state index contributed by atoms with van der Waals surface area (Å²) in [7, 11) is 0. The van der Waals surface area contributed by atoms with Crippen molar-refractivity contribution in [2.75, 3.05) is 4.90 Å². The van der Waals surface area contributed by atoms with Gasteiger partial charge in [0.2, 0.25) is 0 Å². The molecule has 0 saturated heterocycles. The Morgan fingerprint density at radius 1 is 0.270 bits per heavy atom. The molecule has 3 aliphatic rings. The SMILES string of the molecule is CC(C)(C)c1ccc2c(c1)C(C)(C)c1cc(-c3cc(N(c4ccccc4)c4ccc5c(c4)C(C)(C)c4cc(C(C)(C)C)ccc4-5)cc(-c4ccc5c(c4)C(C)(C)c4cc(C(C)(C)C)ccc4-5)c3C(C)(C)C)ccc1-2. The lowest BCUT2D eigenvalue weighted by atomic mass is 9.75. The molecule has 0 amide bonds. The zero-order chi connectivity index (χ0) is 53.0. The predicted molar refractivity (Wildman–Crippen MR) is 319 cm³/mol. The Balaban J connectivity index is 1.16. The minimum atomic E-state index is -0.214.